The summed E-state index contributed by atoms with van der Waals surface area (Å²) in [6.07, 6.45) is -6.94. The smallest absolute Gasteiger partial charge is 0.187 e. The molecule has 2 aliphatic rings. The predicted molar refractivity (Wildman–Crippen MR) is 84.3 cm³/mol. The van der Waals surface area contributed by atoms with Gasteiger partial charge in [0.05, 0.1) is 30.5 Å². The molecule has 0 aromatic carbocycles. The molecule has 2 fully saturated rings. The summed E-state index contributed by atoms with van der Waals surface area (Å²) in [7, 11) is 0. The van der Waals surface area contributed by atoms with Crippen molar-refractivity contribution in [2.45, 2.75) is 81.1 Å². The molecule has 1 saturated heterocycles. The maximum Gasteiger partial charge on any atom is 0.187 e. The van der Waals surface area contributed by atoms with E-state index in [1.165, 1.54) is 6.92 Å². The van der Waals surface area contributed by atoms with Crippen LogP contribution in [-0.4, -0.2) is 97.0 Å². The number of hydrogen-bond donors (Lipinski definition) is 7. The summed E-state index contributed by atoms with van der Waals surface area (Å²) < 4.78 is 11.0. The van der Waals surface area contributed by atoms with Gasteiger partial charge in [-0.15, -0.1) is 0 Å². The van der Waals surface area contributed by atoms with Crippen LogP contribution >= 0.6 is 0 Å². The average molecular weight is 366 g/mol. The van der Waals surface area contributed by atoms with E-state index in [1.54, 1.807) is 6.92 Å². The van der Waals surface area contributed by atoms with Gasteiger partial charge >= 0.3 is 0 Å². The van der Waals surface area contributed by atoms with Crippen LogP contribution in [0.2, 0.25) is 0 Å². The highest BCUT2D eigenvalue weighted by Gasteiger charge is 2.49. The fourth-order valence-electron chi connectivity index (χ4n) is 3.50. The van der Waals surface area contributed by atoms with Gasteiger partial charge in [-0.3, -0.25) is 0 Å². The van der Waals surface area contributed by atoms with E-state index in [1.807, 2.05) is 0 Å². The second kappa shape index (κ2) is 7.71. The molecule has 25 heavy (non-hydrogen) atoms. The highest BCUT2D eigenvalue weighted by atomic mass is 16.7. The van der Waals surface area contributed by atoms with Crippen molar-refractivity contribution >= 4 is 0 Å². The van der Waals surface area contributed by atoms with Crippen molar-refractivity contribution in [3.05, 3.63) is 0 Å². The van der Waals surface area contributed by atoms with Gasteiger partial charge in [-0.1, -0.05) is 0 Å². The molecule has 0 radical (unpaired) electrons. The van der Waals surface area contributed by atoms with E-state index < -0.39 is 61.2 Å². The highest BCUT2D eigenvalue weighted by molar-refractivity contribution is 4.97. The van der Waals surface area contributed by atoms with Crippen LogP contribution in [0.25, 0.3) is 0 Å². The van der Waals surface area contributed by atoms with Gasteiger partial charge in [0.2, 0.25) is 0 Å². The highest BCUT2D eigenvalue weighted by Crippen LogP contribution is 2.40. The SMILES string of the molecule is C[C@]1(O)CC[C@@H]([C@](C)(O)CO)C[C@@H]1O[C@@H]1O[C@H](CO)[C@@H](O)[C@H](O)[C@H]1O. The predicted octanol–water partition coefficient (Wildman–Crippen LogP) is -2.53. The van der Waals surface area contributed by atoms with E-state index >= 15 is 0 Å². The number of aliphatic hydroxyl groups excluding tert-OH is 5. The largest absolute Gasteiger partial charge is 0.394 e. The van der Waals surface area contributed by atoms with E-state index in [0.29, 0.717) is 12.8 Å². The van der Waals surface area contributed by atoms with Gasteiger partial charge in [0, 0.05) is 0 Å². The monoisotopic (exact) mass is 366 g/mol. The summed E-state index contributed by atoms with van der Waals surface area (Å²) in [4.78, 5) is 0. The van der Waals surface area contributed by atoms with Crippen molar-refractivity contribution in [3.63, 3.8) is 0 Å². The first-order valence-corrected chi connectivity index (χ1v) is 8.55. The molecule has 9 atom stereocenters. The molecule has 9 nitrogen and oxygen atoms in total. The summed E-state index contributed by atoms with van der Waals surface area (Å²) in [5.41, 5.74) is -2.60. The molecule has 0 amide bonds. The number of hydrogen-bond acceptors (Lipinski definition) is 9. The average Bonchev–Trinajstić information content (AvgIpc) is 2.56. The molecule has 9 heteroatoms. The molecule has 2 rings (SSSR count). The Labute approximate surface area is 146 Å². The third-order valence-electron chi connectivity index (χ3n) is 5.54. The molecule has 0 aromatic rings. The standard InChI is InChI=1S/C16H30O9/c1-15(22)4-3-8(16(2,23)7-18)5-10(15)25-14-13(21)12(20)11(19)9(6-17)24-14/h8-14,17-23H,3-7H2,1-2H3/t8-,9-,10+,11-,12+,13-,14+,15+,16-/m1/s1. The molecular weight excluding hydrogens is 336 g/mol. The third kappa shape index (κ3) is 4.32. The van der Waals surface area contributed by atoms with Crippen LogP contribution in [-0.2, 0) is 9.47 Å². The molecule has 148 valence electrons. The molecule has 1 aliphatic heterocycles. The summed E-state index contributed by atoms with van der Waals surface area (Å²) in [5.74, 6) is -0.340. The zero-order valence-corrected chi connectivity index (χ0v) is 14.5. The minimum absolute atomic E-state index is 0.204. The first-order chi connectivity index (χ1) is 11.5. The number of ether oxygens (including phenoxy) is 2. The first-order valence-electron chi connectivity index (χ1n) is 8.55. The van der Waals surface area contributed by atoms with Gasteiger partial charge in [-0.05, 0) is 39.0 Å². The molecule has 0 bridgehead atoms. The molecular formula is C16H30O9. The lowest BCUT2D eigenvalue weighted by Crippen LogP contribution is -2.61. The Kier molecular flexibility index (Phi) is 6.46. The topological polar surface area (TPSA) is 160 Å². The van der Waals surface area contributed by atoms with Crippen molar-refractivity contribution in [1.29, 1.82) is 0 Å². The van der Waals surface area contributed by atoms with E-state index in [9.17, 15) is 35.7 Å². The Bertz CT molecular complexity index is 439. The molecule has 7 N–H and O–H groups in total. The van der Waals surface area contributed by atoms with E-state index in [0.717, 1.165) is 0 Å². The van der Waals surface area contributed by atoms with Crippen LogP contribution in [0.15, 0.2) is 0 Å². The van der Waals surface area contributed by atoms with Gasteiger partial charge in [-0.25, -0.2) is 0 Å². The van der Waals surface area contributed by atoms with Crippen LogP contribution in [0.1, 0.15) is 33.1 Å². The van der Waals surface area contributed by atoms with Gasteiger partial charge in [-0.2, -0.15) is 0 Å². The quantitative estimate of drug-likeness (QED) is 0.278. The van der Waals surface area contributed by atoms with Crippen molar-refractivity contribution in [3.8, 4) is 0 Å². The summed E-state index contributed by atoms with van der Waals surface area (Å²) in [5, 5.41) is 69.2. The fraction of sp³-hybridized carbons (Fsp3) is 1.00. The zero-order valence-electron chi connectivity index (χ0n) is 14.5. The molecule has 0 unspecified atom stereocenters. The maximum atomic E-state index is 10.6. The molecule has 1 heterocycles. The van der Waals surface area contributed by atoms with Crippen molar-refractivity contribution < 1.29 is 45.2 Å². The normalized spacial score (nSPS) is 48.1. The second-order valence-corrected chi connectivity index (χ2v) is 7.67. The van der Waals surface area contributed by atoms with Crippen LogP contribution in [0.4, 0.5) is 0 Å². The van der Waals surface area contributed by atoms with Crippen molar-refractivity contribution in [1.82, 2.24) is 0 Å². The van der Waals surface area contributed by atoms with Crippen LogP contribution in [0.5, 0.6) is 0 Å². The molecule has 1 saturated carbocycles. The lowest BCUT2D eigenvalue weighted by atomic mass is 9.71. The second-order valence-electron chi connectivity index (χ2n) is 7.67. The molecule has 1 aliphatic carbocycles. The third-order valence-corrected chi connectivity index (χ3v) is 5.54. The van der Waals surface area contributed by atoms with Crippen LogP contribution < -0.4 is 0 Å². The summed E-state index contributed by atoms with van der Waals surface area (Å²) >= 11 is 0. The van der Waals surface area contributed by atoms with E-state index in [-0.39, 0.29) is 12.3 Å². The van der Waals surface area contributed by atoms with Gasteiger partial charge in [0.1, 0.15) is 24.4 Å². The van der Waals surface area contributed by atoms with E-state index in [2.05, 4.69) is 0 Å². The molecule has 0 spiro atoms. The minimum Gasteiger partial charge on any atom is -0.394 e. The van der Waals surface area contributed by atoms with Crippen LogP contribution in [0.3, 0.4) is 0 Å². The maximum absolute atomic E-state index is 10.6. The van der Waals surface area contributed by atoms with Gasteiger partial charge in [0.15, 0.2) is 6.29 Å². The Morgan fingerprint density at radius 1 is 1.16 bits per heavy atom. The zero-order chi connectivity index (χ0) is 19.0. The van der Waals surface area contributed by atoms with Crippen molar-refractivity contribution in [2.24, 2.45) is 5.92 Å². The number of rotatable bonds is 5. The Hall–Kier alpha value is -0.360. The van der Waals surface area contributed by atoms with Gasteiger partial charge in [0.25, 0.3) is 0 Å². The summed E-state index contributed by atoms with van der Waals surface area (Å²) in [6, 6.07) is 0. The molecule has 0 aromatic heterocycles. The Morgan fingerprint density at radius 2 is 1.80 bits per heavy atom. The van der Waals surface area contributed by atoms with Gasteiger partial charge < -0.3 is 45.2 Å². The lowest BCUT2D eigenvalue weighted by molar-refractivity contribution is -0.328. The minimum atomic E-state index is -1.57. The Balaban J connectivity index is 2.12. The lowest BCUT2D eigenvalue weighted by Gasteiger charge is -2.47. The summed E-state index contributed by atoms with van der Waals surface area (Å²) in [6.45, 7) is 2.05. The van der Waals surface area contributed by atoms with Crippen molar-refractivity contribution in [2.75, 3.05) is 13.2 Å². The Morgan fingerprint density at radius 3 is 2.36 bits per heavy atom. The van der Waals surface area contributed by atoms with Crippen LogP contribution in [0, 0.1) is 5.92 Å². The van der Waals surface area contributed by atoms with E-state index in [4.69, 9.17) is 9.47 Å². The first kappa shape index (κ1) is 20.9. The fourth-order valence-corrected chi connectivity index (χ4v) is 3.50. The number of aliphatic hydroxyl groups is 7.